The number of nitrogens with zero attached hydrogens (tertiary/aromatic N) is 2. The van der Waals surface area contributed by atoms with Gasteiger partial charge in [-0.05, 0) is 50.3 Å². The molecule has 0 radical (unpaired) electrons. The van der Waals surface area contributed by atoms with E-state index in [4.69, 9.17) is 10.5 Å². The Bertz CT molecular complexity index is 465. The molecule has 0 saturated carbocycles. The van der Waals surface area contributed by atoms with E-state index in [0.29, 0.717) is 12.5 Å². The molecule has 4 nitrogen and oxygen atoms in total. The molecule has 0 spiro atoms. The number of guanidine groups is 1. The smallest absolute Gasteiger partial charge is 0.191 e. The molecular formula is C17H28IN3O. The summed E-state index contributed by atoms with van der Waals surface area (Å²) in [5.41, 5.74) is 7.24. The van der Waals surface area contributed by atoms with E-state index in [0.717, 1.165) is 30.3 Å². The number of halogens is 1. The Hall–Kier alpha value is -0.980. The molecule has 2 N–H and O–H groups in total. The minimum absolute atomic E-state index is 0. The van der Waals surface area contributed by atoms with Gasteiger partial charge in [0.1, 0.15) is 5.75 Å². The number of hydrogen-bond donors (Lipinski definition) is 1. The first-order valence-corrected chi connectivity index (χ1v) is 7.85. The monoisotopic (exact) mass is 417 g/mol. The number of hydrogen-bond acceptors (Lipinski definition) is 2. The predicted molar refractivity (Wildman–Crippen MR) is 103 cm³/mol. The maximum Gasteiger partial charge on any atom is 0.191 e. The zero-order valence-electron chi connectivity index (χ0n) is 13.8. The van der Waals surface area contributed by atoms with Crippen molar-refractivity contribution in [1.82, 2.24) is 4.90 Å². The van der Waals surface area contributed by atoms with E-state index < -0.39 is 0 Å². The number of benzene rings is 1. The van der Waals surface area contributed by atoms with E-state index in [2.05, 4.69) is 16.8 Å². The molecule has 0 bridgehead atoms. The molecule has 0 aliphatic carbocycles. The first kappa shape index (κ1) is 19.1. The zero-order valence-corrected chi connectivity index (χ0v) is 16.1. The molecule has 1 fully saturated rings. The number of rotatable bonds is 4. The van der Waals surface area contributed by atoms with Crippen molar-refractivity contribution in [3.63, 3.8) is 0 Å². The fourth-order valence-electron chi connectivity index (χ4n) is 2.46. The standard InChI is InChI=1S/C17H27N3O.HI/c1-13(2)21-16-6-4-15(5-7-16)12-19-17(18)20-10-8-14(3)9-11-20;/h4-7,13-14H,8-12H2,1-3H3,(H2,18,19);1H. The first-order valence-electron chi connectivity index (χ1n) is 7.85. The molecule has 0 aromatic heterocycles. The maximum atomic E-state index is 6.09. The van der Waals surface area contributed by atoms with Gasteiger partial charge in [-0.3, -0.25) is 0 Å². The normalized spacial score (nSPS) is 16.5. The summed E-state index contributed by atoms with van der Waals surface area (Å²) in [5, 5.41) is 0. The lowest BCUT2D eigenvalue weighted by Gasteiger charge is -2.31. The van der Waals surface area contributed by atoms with E-state index in [1.807, 2.05) is 38.1 Å². The summed E-state index contributed by atoms with van der Waals surface area (Å²) in [4.78, 5) is 6.70. The summed E-state index contributed by atoms with van der Waals surface area (Å²) in [7, 11) is 0. The zero-order chi connectivity index (χ0) is 15.2. The van der Waals surface area contributed by atoms with Crippen LogP contribution in [0.5, 0.6) is 5.75 Å². The molecule has 1 heterocycles. The molecule has 1 aliphatic rings. The number of nitrogens with two attached hydrogens (primary N) is 1. The van der Waals surface area contributed by atoms with Crippen LogP contribution in [0.2, 0.25) is 0 Å². The molecule has 22 heavy (non-hydrogen) atoms. The van der Waals surface area contributed by atoms with Gasteiger partial charge >= 0.3 is 0 Å². The van der Waals surface area contributed by atoms with Crippen LogP contribution in [0.15, 0.2) is 29.3 Å². The van der Waals surface area contributed by atoms with Gasteiger partial charge in [-0.15, -0.1) is 24.0 Å². The Kier molecular flexibility index (Phi) is 8.00. The minimum atomic E-state index is 0. The Morgan fingerprint density at radius 2 is 1.86 bits per heavy atom. The van der Waals surface area contributed by atoms with Crippen LogP contribution in [0.25, 0.3) is 0 Å². The summed E-state index contributed by atoms with van der Waals surface area (Å²) < 4.78 is 5.63. The first-order chi connectivity index (χ1) is 10.0. The lowest BCUT2D eigenvalue weighted by atomic mass is 10.00. The van der Waals surface area contributed by atoms with E-state index in [1.165, 1.54) is 12.8 Å². The lowest BCUT2D eigenvalue weighted by molar-refractivity contribution is 0.242. The second-order valence-electron chi connectivity index (χ2n) is 6.15. The van der Waals surface area contributed by atoms with Crippen LogP contribution in [0.4, 0.5) is 0 Å². The van der Waals surface area contributed by atoms with Crippen molar-refractivity contribution in [2.75, 3.05) is 13.1 Å². The van der Waals surface area contributed by atoms with Gasteiger partial charge < -0.3 is 15.4 Å². The SMILES string of the molecule is CC1CCN(C(N)=NCc2ccc(OC(C)C)cc2)CC1.I. The second kappa shape index (κ2) is 9.22. The molecular weight excluding hydrogens is 389 g/mol. The fraction of sp³-hybridized carbons (Fsp3) is 0.588. The highest BCUT2D eigenvalue weighted by Crippen LogP contribution is 2.16. The van der Waals surface area contributed by atoms with Gasteiger partial charge in [0.2, 0.25) is 0 Å². The largest absolute Gasteiger partial charge is 0.491 e. The van der Waals surface area contributed by atoms with Crippen LogP contribution in [0, 0.1) is 5.92 Å². The highest BCUT2D eigenvalue weighted by molar-refractivity contribution is 14.0. The van der Waals surface area contributed by atoms with Crippen molar-refractivity contribution >= 4 is 29.9 Å². The third-order valence-corrected chi connectivity index (χ3v) is 3.83. The quantitative estimate of drug-likeness (QED) is 0.463. The molecule has 124 valence electrons. The molecule has 0 amide bonds. The third-order valence-electron chi connectivity index (χ3n) is 3.83. The lowest BCUT2D eigenvalue weighted by Crippen LogP contribution is -2.42. The van der Waals surface area contributed by atoms with Crippen molar-refractivity contribution in [3.8, 4) is 5.75 Å². The summed E-state index contributed by atoms with van der Waals surface area (Å²) in [5.74, 6) is 2.38. The molecule has 1 saturated heterocycles. The van der Waals surface area contributed by atoms with Gasteiger partial charge in [0.05, 0.1) is 12.6 Å². The Balaban J connectivity index is 0.00000242. The van der Waals surface area contributed by atoms with E-state index in [1.54, 1.807) is 0 Å². The number of aliphatic imine (C=N–C) groups is 1. The van der Waals surface area contributed by atoms with E-state index >= 15 is 0 Å². The highest BCUT2D eigenvalue weighted by atomic mass is 127. The average molecular weight is 417 g/mol. The van der Waals surface area contributed by atoms with Crippen molar-refractivity contribution in [3.05, 3.63) is 29.8 Å². The number of likely N-dealkylation sites (tertiary alicyclic amines) is 1. The van der Waals surface area contributed by atoms with Crippen molar-refractivity contribution in [2.45, 2.75) is 46.3 Å². The van der Waals surface area contributed by atoms with Crippen LogP contribution >= 0.6 is 24.0 Å². The summed E-state index contributed by atoms with van der Waals surface area (Å²) in [6, 6.07) is 8.08. The summed E-state index contributed by atoms with van der Waals surface area (Å²) >= 11 is 0. The predicted octanol–water partition coefficient (Wildman–Crippen LogP) is 3.64. The maximum absolute atomic E-state index is 6.09. The molecule has 0 unspecified atom stereocenters. The molecule has 5 heteroatoms. The Morgan fingerprint density at radius 1 is 1.27 bits per heavy atom. The van der Waals surface area contributed by atoms with Crippen LogP contribution in [0.1, 0.15) is 39.2 Å². The van der Waals surface area contributed by atoms with E-state index in [-0.39, 0.29) is 30.1 Å². The van der Waals surface area contributed by atoms with Crippen LogP contribution in [-0.4, -0.2) is 30.1 Å². The molecule has 1 aromatic rings. The molecule has 1 aliphatic heterocycles. The Morgan fingerprint density at radius 3 is 2.41 bits per heavy atom. The van der Waals surface area contributed by atoms with Gasteiger partial charge in [0.25, 0.3) is 0 Å². The highest BCUT2D eigenvalue weighted by Gasteiger charge is 2.16. The van der Waals surface area contributed by atoms with Crippen molar-refractivity contribution in [1.29, 1.82) is 0 Å². The van der Waals surface area contributed by atoms with Gasteiger partial charge in [-0.2, -0.15) is 0 Å². The van der Waals surface area contributed by atoms with Crippen LogP contribution in [-0.2, 0) is 6.54 Å². The second-order valence-corrected chi connectivity index (χ2v) is 6.15. The molecule has 1 aromatic carbocycles. The number of ether oxygens (including phenoxy) is 1. The van der Waals surface area contributed by atoms with E-state index in [9.17, 15) is 0 Å². The summed E-state index contributed by atoms with van der Waals surface area (Å²) in [6.45, 7) is 9.03. The number of piperidine rings is 1. The van der Waals surface area contributed by atoms with Crippen molar-refractivity contribution in [2.24, 2.45) is 16.6 Å². The van der Waals surface area contributed by atoms with Crippen molar-refractivity contribution < 1.29 is 4.74 Å². The average Bonchev–Trinajstić information content (AvgIpc) is 2.46. The fourth-order valence-corrected chi connectivity index (χ4v) is 2.46. The molecule has 0 atom stereocenters. The van der Waals surface area contributed by atoms with Crippen LogP contribution in [0.3, 0.4) is 0 Å². The summed E-state index contributed by atoms with van der Waals surface area (Å²) in [6.07, 6.45) is 2.61. The van der Waals surface area contributed by atoms with Gasteiger partial charge in [0.15, 0.2) is 5.96 Å². The van der Waals surface area contributed by atoms with Gasteiger partial charge in [-0.1, -0.05) is 19.1 Å². The topological polar surface area (TPSA) is 50.8 Å². The van der Waals surface area contributed by atoms with Gasteiger partial charge in [-0.25, -0.2) is 4.99 Å². The Labute approximate surface area is 151 Å². The third kappa shape index (κ3) is 6.02. The van der Waals surface area contributed by atoms with Crippen LogP contribution < -0.4 is 10.5 Å². The van der Waals surface area contributed by atoms with Gasteiger partial charge in [0, 0.05) is 13.1 Å². The molecule has 2 rings (SSSR count). The minimum Gasteiger partial charge on any atom is -0.491 e.